The van der Waals surface area contributed by atoms with E-state index in [1.54, 1.807) is 0 Å². The van der Waals surface area contributed by atoms with Crippen LogP contribution < -0.4 is 10.6 Å². The standard InChI is InChI=1S/C27H32N2O5/c1-26(2)15-27(26,3)16-28-24(32)22(12-13-23(30)31)29-25(33)34-14-21-19-10-6-4-8-17(19)18-9-5-7-11-20(18)21/h4-11,21-22H,12-16H2,1-3H3,(H,28,32)(H,29,33)(H,30,31). The number of carbonyl (C=O) groups is 3. The molecule has 2 aromatic rings. The van der Waals surface area contributed by atoms with E-state index in [4.69, 9.17) is 9.84 Å². The Hall–Kier alpha value is -3.35. The average molecular weight is 465 g/mol. The highest BCUT2D eigenvalue weighted by molar-refractivity contribution is 5.86. The molecule has 7 nitrogen and oxygen atoms in total. The van der Waals surface area contributed by atoms with Crippen LogP contribution in [0.15, 0.2) is 48.5 Å². The highest BCUT2D eigenvalue weighted by Crippen LogP contribution is 2.62. The summed E-state index contributed by atoms with van der Waals surface area (Å²) in [4.78, 5) is 36.5. The molecular formula is C27H32N2O5. The zero-order chi connectivity index (χ0) is 24.5. The summed E-state index contributed by atoms with van der Waals surface area (Å²) in [6.07, 6.45) is 0.0286. The summed E-state index contributed by atoms with van der Waals surface area (Å²) in [5.41, 5.74) is 4.60. The summed E-state index contributed by atoms with van der Waals surface area (Å²) in [6.45, 7) is 7.01. The summed E-state index contributed by atoms with van der Waals surface area (Å²) in [5.74, 6) is -1.51. The normalized spacial score (nSPS) is 20.6. The number of alkyl carbamates (subject to hydrolysis) is 1. The lowest BCUT2D eigenvalue weighted by Gasteiger charge is -2.21. The van der Waals surface area contributed by atoms with Gasteiger partial charge >= 0.3 is 12.1 Å². The smallest absolute Gasteiger partial charge is 0.407 e. The number of amides is 2. The van der Waals surface area contributed by atoms with Crippen molar-refractivity contribution >= 4 is 18.0 Å². The molecular weight excluding hydrogens is 432 g/mol. The second kappa shape index (κ2) is 9.12. The van der Waals surface area contributed by atoms with Crippen molar-refractivity contribution in [3.63, 3.8) is 0 Å². The summed E-state index contributed by atoms with van der Waals surface area (Å²) < 4.78 is 5.54. The first-order chi connectivity index (χ1) is 16.1. The molecule has 0 saturated heterocycles. The van der Waals surface area contributed by atoms with Crippen LogP contribution in [-0.2, 0) is 14.3 Å². The van der Waals surface area contributed by atoms with Crippen LogP contribution in [0.1, 0.15) is 57.1 Å². The summed E-state index contributed by atoms with van der Waals surface area (Å²) in [7, 11) is 0. The minimum Gasteiger partial charge on any atom is -0.481 e. The number of rotatable bonds is 9. The Morgan fingerprint density at radius 1 is 1.03 bits per heavy atom. The molecule has 0 spiro atoms. The van der Waals surface area contributed by atoms with E-state index in [1.165, 1.54) is 0 Å². The van der Waals surface area contributed by atoms with E-state index in [1.807, 2.05) is 36.4 Å². The molecule has 0 heterocycles. The lowest BCUT2D eigenvalue weighted by atomic mass is 9.98. The number of carbonyl (C=O) groups excluding carboxylic acids is 2. The summed E-state index contributed by atoms with van der Waals surface area (Å²) >= 11 is 0. The van der Waals surface area contributed by atoms with Gasteiger partial charge in [-0.25, -0.2) is 4.79 Å². The largest absolute Gasteiger partial charge is 0.481 e. The zero-order valence-corrected chi connectivity index (χ0v) is 19.9. The number of ether oxygens (including phenoxy) is 1. The molecule has 2 aliphatic carbocycles. The molecule has 34 heavy (non-hydrogen) atoms. The third-order valence-electron chi connectivity index (χ3n) is 7.59. The maximum Gasteiger partial charge on any atom is 0.407 e. The number of carboxylic acids is 1. The van der Waals surface area contributed by atoms with E-state index in [0.717, 1.165) is 28.7 Å². The summed E-state index contributed by atoms with van der Waals surface area (Å²) in [5, 5.41) is 14.5. The third-order valence-corrected chi connectivity index (χ3v) is 7.59. The number of aliphatic carboxylic acids is 1. The van der Waals surface area contributed by atoms with E-state index in [0.29, 0.717) is 6.54 Å². The van der Waals surface area contributed by atoms with Crippen molar-refractivity contribution in [2.24, 2.45) is 10.8 Å². The van der Waals surface area contributed by atoms with E-state index >= 15 is 0 Å². The van der Waals surface area contributed by atoms with Crippen LogP contribution in [0.4, 0.5) is 4.79 Å². The molecule has 2 aliphatic rings. The maximum absolute atomic E-state index is 12.8. The van der Waals surface area contributed by atoms with E-state index < -0.39 is 24.0 Å². The molecule has 0 aromatic heterocycles. The van der Waals surface area contributed by atoms with E-state index in [2.05, 4.69) is 43.5 Å². The molecule has 0 bridgehead atoms. The van der Waals surface area contributed by atoms with Crippen LogP contribution in [-0.4, -0.2) is 42.3 Å². The Balaban J connectivity index is 1.38. The van der Waals surface area contributed by atoms with Crippen LogP contribution in [0.3, 0.4) is 0 Å². The van der Waals surface area contributed by atoms with Crippen LogP contribution in [0.5, 0.6) is 0 Å². The molecule has 2 unspecified atom stereocenters. The zero-order valence-electron chi connectivity index (χ0n) is 19.9. The molecule has 2 aromatic carbocycles. The highest BCUT2D eigenvalue weighted by atomic mass is 16.5. The van der Waals surface area contributed by atoms with Crippen molar-refractivity contribution in [3.05, 3.63) is 59.7 Å². The van der Waals surface area contributed by atoms with E-state index in [-0.39, 0.29) is 36.2 Å². The van der Waals surface area contributed by atoms with Crippen molar-refractivity contribution in [2.45, 2.75) is 52.0 Å². The topological polar surface area (TPSA) is 105 Å². The minimum atomic E-state index is -1.03. The van der Waals surface area contributed by atoms with Crippen molar-refractivity contribution in [1.82, 2.24) is 10.6 Å². The fourth-order valence-electron chi connectivity index (χ4n) is 4.96. The number of hydrogen-bond acceptors (Lipinski definition) is 4. The fraction of sp³-hybridized carbons (Fsp3) is 0.444. The first-order valence-electron chi connectivity index (χ1n) is 11.7. The Morgan fingerprint density at radius 2 is 1.59 bits per heavy atom. The quantitative estimate of drug-likeness (QED) is 0.513. The predicted molar refractivity (Wildman–Crippen MR) is 128 cm³/mol. The van der Waals surface area contributed by atoms with Gasteiger partial charge in [-0.05, 0) is 45.9 Å². The second-order valence-electron chi connectivity index (χ2n) is 10.3. The van der Waals surface area contributed by atoms with Gasteiger partial charge < -0.3 is 20.5 Å². The summed E-state index contributed by atoms with van der Waals surface area (Å²) in [6, 6.07) is 15.1. The number of carboxylic acid groups (broad SMARTS) is 1. The van der Waals surface area contributed by atoms with Crippen molar-refractivity contribution in [2.75, 3.05) is 13.2 Å². The third kappa shape index (κ3) is 4.79. The lowest BCUT2D eigenvalue weighted by Crippen LogP contribution is -2.48. The van der Waals surface area contributed by atoms with Crippen molar-refractivity contribution in [3.8, 4) is 11.1 Å². The molecule has 3 N–H and O–H groups in total. The molecule has 2 atom stereocenters. The van der Waals surface area contributed by atoms with Crippen molar-refractivity contribution < 1.29 is 24.2 Å². The maximum atomic E-state index is 12.8. The van der Waals surface area contributed by atoms with Gasteiger partial charge in [0.2, 0.25) is 5.91 Å². The van der Waals surface area contributed by atoms with Crippen LogP contribution in [0.2, 0.25) is 0 Å². The Bertz CT molecular complexity index is 1070. The van der Waals surface area contributed by atoms with Gasteiger partial charge in [0.1, 0.15) is 12.6 Å². The predicted octanol–water partition coefficient (Wildman–Crippen LogP) is 4.31. The average Bonchev–Trinajstić information content (AvgIpc) is 3.16. The first-order valence-corrected chi connectivity index (χ1v) is 11.7. The Kier molecular flexibility index (Phi) is 6.39. The van der Waals surface area contributed by atoms with Gasteiger partial charge in [0, 0.05) is 18.9 Å². The molecule has 1 saturated carbocycles. The monoisotopic (exact) mass is 464 g/mol. The van der Waals surface area contributed by atoms with Gasteiger partial charge in [-0.15, -0.1) is 0 Å². The number of fused-ring (bicyclic) bond motifs is 3. The number of benzene rings is 2. The molecule has 4 rings (SSSR count). The van der Waals surface area contributed by atoms with Gasteiger partial charge in [-0.3, -0.25) is 9.59 Å². The first kappa shape index (κ1) is 23.8. The molecule has 180 valence electrons. The van der Waals surface area contributed by atoms with Crippen molar-refractivity contribution in [1.29, 1.82) is 0 Å². The highest BCUT2D eigenvalue weighted by Gasteiger charge is 2.57. The van der Waals surface area contributed by atoms with Gasteiger partial charge in [0.15, 0.2) is 0 Å². The molecule has 2 amide bonds. The minimum absolute atomic E-state index is 0.00374. The van der Waals surface area contributed by atoms with Gasteiger partial charge in [-0.2, -0.15) is 0 Å². The Labute approximate surface area is 199 Å². The van der Waals surface area contributed by atoms with Gasteiger partial charge in [0.05, 0.1) is 0 Å². The number of hydrogen-bond donors (Lipinski definition) is 3. The molecule has 0 aliphatic heterocycles. The lowest BCUT2D eigenvalue weighted by molar-refractivity contribution is -0.137. The second-order valence-corrected chi connectivity index (χ2v) is 10.3. The Morgan fingerprint density at radius 3 is 2.12 bits per heavy atom. The molecule has 1 fully saturated rings. The molecule has 0 radical (unpaired) electrons. The van der Waals surface area contributed by atoms with E-state index in [9.17, 15) is 14.4 Å². The van der Waals surface area contributed by atoms with Gasteiger partial charge in [-0.1, -0.05) is 69.3 Å². The van der Waals surface area contributed by atoms with Crippen LogP contribution in [0, 0.1) is 10.8 Å². The van der Waals surface area contributed by atoms with Gasteiger partial charge in [0.25, 0.3) is 0 Å². The van der Waals surface area contributed by atoms with Crippen LogP contribution in [0.25, 0.3) is 11.1 Å². The fourth-order valence-corrected chi connectivity index (χ4v) is 4.96. The SMILES string of the molecule is CC1(C)CC1(C)CNC(=O)C(CCC(=O)O)NC(=O)OCC1c2ccccc2-c2ccccc21. The van der Waals surface area contributed by atoms with Crippen LogP contribution >= 0.6 is 0 Å². The number of nitrogens with one attached hydrogen (secondary N) is 2. The molecule has 7 heteroatoms.